The molecule has 0 atom stereocenters. The van der Waals surface area contributed by atoms with E-state index in [2.05, 4.69) is 15.5 Å². The molecule has 0 aliphatic heterocycles. The first-order valence-electron chi connectivity index (χ1n) is 5.91. The summed E-state index contributed by atoms with van der Waals surface area (Å²) in [5.74, 6) is -0.312. The quantitative estimate of drug-likeness (QED) is 0.693. The number of hydrogen-bond acceptors (Lipinski definition) is 3. The third-order valence-electron chi connectivity index (χ3n) is 2.40. The molecule has 0 fully saturated rings. The average molecular weight is 286 g/mol. The number of hydrogen-bond donors (Lipinski definition) is 1. The summed E-state index contributed by atoms with van der Waals surface area (Å²) in [5.41, 5.74) is 3.84. The predicted octanol–water partition coefficient (Wildman–Crippen LogP) is 3.08. The van der Waals surface area contributed by atoms with Crippen molar-refractivity contribution >= 4 is 29.8 Å². The molecule has 2 aromatic rings. The number of halogens is 1. The first-order chi connectivity index (χ1) is 9.75. The Labute approximate surface area is 121 Å². The van der Waals surface area contributed by atoms with E-state index in [-0.39, 0.29) is 5.91 Å². The molecule has 0 bridgehead atoms. The van der Waals surface area contributed by atoms with Crippen LogP contribution < -0.4 is 5.43 Å². The van der Waals surface area contributed by atoms with Gasteiger partial charge in [0.1, 0.15) is 0 Å². The maximum absolute atomic E-state index is 11.7. The third-order valence-corrected chi connectivity index (χ3v) is 2.61. The number of carbonyl (C=O) groups is 1. The smallest absolute Gasteiger partial charge is 0.267 e. The minimum atomic E-state index is -0.312. The lowest BCUT2D eigenvalue weighted by Crippen LogP contribution is -2.17. The molecule has 0 unspecified atom stereocenters. The predicted molar refractivity (Wildman–Crippen MR) is 80.5 cm³/mol. The second kappa shape index (κ2) is 7.21. The van der Waals surface area contributed by atoms with Crippen LogP contribution in [0.1, 0.15) is 15.9 Å². The lowest BCUT2D eigenvalue weighted by atomic mass is 10.2. The van der Waals surface area contributed by atoms with Gasteiger partial charge < -0.3 is 0 Å². The number of nitrogens with one attached hydrogen (secondary N) is 1. The largest absolute Gasteiger partial charge is 0.271 e. The molecule has 20 heavy (non-hydrogen) atoms. The molecule has 1 heterocycles. The fourth-order valence-electron chi connectivity index (χ4n) is 1.47. The molecule has 0 aliphatic carbocycles. The maximum Gasteiger partial charge on any atom is 0.271 e. The summed E-state index contributed by atoms with van der Waals surface area (Å²) in [4.78, 5) is 15.5. The second-order valence-corrected chi connectivity index (χ2v) is 4.31. The number of rotatable bonds is 4. The number of allylic oxidation sites excluding steroid dienone is 1. The van der Waals surface area contributed by atoms with Crippen LogP contribution in [0.3, 0.4) is 0 Å². The highest BCUT2D eigenvalue weighted by Gasteiger charge is 2.01. The van der Waals surface area contributed by atoms with E-state index in [0.29, 0.717) is 10.6 Å². The molecule has 0 saturated carbocycles. The zero-order valence-electron chi connectivity index (χ0n) is 10.5. The summed E-state index contributed by atoms with van der Waals surface area (Å²) in [6.07, 6.45) is 6.22. The Bertz CT molecular complexity index is 624. The van der Waals surface area contributed by atoms with Gasteiger partial charge in [-0.3, -0.25) is 9.78 Å². The second-order valence-electron chi connectivity index (χ2n) is 3.87. The molecule has 5 heteroatoms. The summed E-state index contributed by atoms with van der Waals surface area (Å²) in [7, 11) is 0. The normalized spacial score (nSPS) is 11.6. The number of amides is 1. The first kappa shape index (κ1) is 14.0. The van der Waals surface area contributed by atoms with Crippen molar-refractivity contribution in [2.45, 2.75) is 0 Å². The molecule has 4 nitrogen and oxygen atoms in total. The fraction of sp³-hybridized carbons (Fsp3) is 0. The molecular weight excluding hydrogens is 274 g/mol. The summed E-state index contributed by atoms with van der Waals surface area (Å²) in [6, 6.07) is 12.8. The number of pyridine rings is 1. The van der Waals surface area contributed by atoms with Crippen molar-refractivity contribution in [3.63, 3.8) is 0 Å². The molecule has 2 rings (SSSR count). The van der Waals surface area contributed by atoms with Crippen molar-refractivity contribution in [2.75, 3.05) is 0 Å². The highest BCUT2D eigenvalue weighted by Crippen LogP contribution is 2.07. The number of nitrogens with zero attached hydrogens (tertiary/aromatic N) is 2. The Morgan fingerprint density at radius 1 is 1.15 bits per heavy atom. The van der Waals surface area contributed by atoms with Crippen LogP contribution in [0.4, 0.5) is 0 Å². The van der Waals surface area contributed by atoms with Gasteiger partial charge in [0.2, 0.25) is 0 Å². The molecule has 1 amide bonds. The van der Waals surface area contributed by atoms with Gasteiger partial charge in [0.25, 0.3) is 5.91 Å². The van der Waals surface area contributed by atoms with Crippen LogP contribution in [0.15, 0.2) is 65.0 Å². The summed E-state index contributed by atoms with van der Waals surface area (Å²) in [6.45, 7) is 0. The first-order valence-corrected chi connectivity index (χ1v) is 6.29. The minimum Gasteiger partial charge on any atom is -0.267 e. The SMILES string of the molecule is O=C(NN=C/C(Cl)=C/c1ccccc1)c1ccncc1. The van der Waals surface area contributed by atoms with Crippen molar-refractivity contribution in [3.8, 4) is 0 Å². The zero-order valence-corrected chi connectivity index (χ0v) is 11.3. The van der Waals surface area contributed by atoms with E-state index in [1.54, 1.807) is 30.6 Å². The van der Waals surface area contributed by atoms with E-state index >= 15 is 0 Å². The van der Waals surface area contributed by atoms with Crippen LogP contribution in [-0.4, -0.2) is 17.1 Å². The van der Waals surface area contributed by atoms with E-state index in [1.807, 2.05) is 30.3 Å². The minimum absolute atomic E-state index is 0.312. The molecule has 0 spiro atoms. The van der Waals surface area contributed by atoms with E-state index in [9.17, 15) is 4.79 Å². The van der Waals surface area contributed by atoms with Gasteiger partial charge in [0.15, 0.2) is 0 Å². The Hall–Kier alpha value is -2.46. The van der Waals surface area contributed by atoms with Crippen LogP contribution in [0.25, 0.3) is 6.08 Å². The van der Waals surface area contributed by atoms with Crippen LogP contribution in [-0.2, 0) is 0 Å². The number of hydrazone groups is 1. The van der Waals surface area contributed by atoms with Gasteiger partial charge in [-0.15, -0.1) is 0 Å². The Morgan fingerprint density at radius 3 is 2.55 bits per heavy atom. The topological polar surface area (TPSA) is 54.4 Å². The van der Waals surface area contributed by atoms with Crippen molar-refractivity contribution in [2.24, 2.45) is 5.10 Å². The molecule has 0 saturated heterocycles. The molecule has 1 aromatic heterocycles. The lowest BCUT2D eigenvalue weighted by Gasteiger charge is -1.98. The van der Waals surface area contributed by atoms with Gasteiger partial charge >= 0.3 is 0 Å². The van der Waals surface area contributed by atoms with Crippen molar-refractivity contribution in [1.82, 2.24) is 10.4 Å². The highest BCUT2D eigenvalue weighted by atomic mass is 35.5. The van der Waals surface area contributed by atoms with Crippen LogP contribution in [0.2, 0.25) is 0 Å². The van der Waals surface area contributed by atoms with E-state index in [4.69, 9.17) is 11.6 Å². The van der Waals surface area contributed by atoms with Crippen molar-refractivity contribution in [1.29, 1.82) is 0 Å². The molecule has 0 aliphatic rings. The number of aromatic nitrogens is 1. The average Bonchev–Trinajstić information content (AvgIpc) is 2.49. The van der Waals surface area contributed by atoms with Crippen molar-refractivity contribution < 1.29 is 4.79 Å². The molecule has 0 radical (unpaired) electrons. The molecular formula is C15H12ClN3O. The van der Waals surface area contributed by atoms with Crippen molar-refractivity contribution in [3.05, 3.63) is 71.0 Å². The molecule has 1 N–H and O–H groups in total. The summed E-state index contributed by atoms with van der Waals surface area (Å²) < 4.78 is 0. The standard InChI is InChI=1S/C15H12ClN3O/c16-14(10-12-4-2-1-3-5-12)11-18-19-15(20)13-6-8-17-9-7-13/h1-11H,(H,19,20)/b14-10-,18-11?. The summed E-state index contributed by atoms with van der Waals surface area (Å²) in [5, 5.41) is 4.22. The molecule has 1 aromatic carbocycles. The molecule has 100 valence electrons. The number of carbonyl (C=O) groups excluding carboxylic acids is 1. The van der Waals surface area contributed by atoms with Gasteiger partial charge in [-0.25, -0.2) is 5.43 Å². The highest BCUT2D eigenvalue weighted by molar-refractivity contribution is 6.41. The third kappa shape index (κ3) is 4.33. The lowest BCUT2D eigenvalue weighted by molar-refractivity contribution is 0.0955. The zero-order chi connectivity index (χ0) is 14.2. The van der Waals surface area contributed by atoms with E-state index in [0.717, 1.165) is 5.56 Å². The van der Waals surface area contributed by atoms with Gasteiger partial charge in [0.05, 0.1) is 11.2 Å². The van der Waals surface area contributed by atoms with Gasteiger partial charge in [-0.1, -0.05) is 41.9 Å². The van der Waals surface area contributed by atoms with Crippen LogP contribution >= 0.6 is 11.6 Å². The monoisotopic (exact) mass is 285 g/mol. The Morgan fingerprint density at radius 2 is 1.85 bits per heavy atom. The number of benzene rings is 1. The summed E-state index contributed by atoms with van der Waals surface area (Å²) >= 11 is 6.00. The van der Waals surface area contributed by atoms with E-state index in [1.165, 1.54) is 6.21 Å². The maximum atomic E-state index is 11.7. The Balaban J connectivity index is 1.94. The van der Waals surface area contributed by atoms with Crippen LogP contribution in [0, 0.1) is 0 Å². The van der Waals surface area contributed by atoms with Crippen LogP contribution in [0.5, 0.6) is 0 Å². The fourth-order valence-corrected chi connectivity index (χ4v) is 1.64. The van der Waals surface area contributed by atoms with Gasteiger partial charge in [-0.2, -0.15) is 5.10 Å². The van der Waals surface area contributed by atoms with E-state index < -0.39 is 0 Å². The Kier molecular flexibility index (Phi) is 5.03. The van der Waals surface area contributed by atoms with Gasteiger partial charge in [0, 0.05) is 18.0 Å². The van der Waals surface area contributed by atoms with Gasteiger partial charge in [-0.05, 0) is 23.8 Å².